The Hall–Kier alpha value is -2.73. The maximum Gasteiger partial charge on any atom is 0.407 e. The number of alkyl carbamates (subject to hydrolysis) is 1. The molecule has 0 aliphatic carbocycles. The zero-order valence-electron chi connectivity index (χ0n) is 18.5. The van der Waals surface area contributed by atoms with Crippen molar-refractivity contribution in [3.05, 3.63) is 11.4 Å². The summed E-state index contributed by atoms with van der Waals surface area (Å²) in [6.07, 6.45) is 7.81. The molecule has 0 aromatic rings. The first-order valence-electron chi connectivity index (χ1n) is 10.2. The lowest BCUT2D eigenvalue weighted by Crippen LogP contribution is -2.50. The van der Waals surface area contributed by atoms with Gasteiger partial charge in [0.2, 0.25) is 5.91 Å². The molecular weight excluding hydrogens is 366 g/mol. The number of likely N-dealkylation sites (tertiary alicyclic amines) is 1. The first kappa shape index (κ1) is 24.3. The van der Waals surface area contributed by atoms with Gasteiger partial charge in [-0.1, -0.05) is 34.6 Å². The van der Waals surface area contributed by atoms with Crippen molar-refractivity contribution in [1.82, 2.24) is 10.2 Å². The number of ether oxygens (including phenoxy) is 1. The highest BCUT2D eigenvalue weighted by Crippen LogP contribution is 2.31. The van der Waals surface area contributed by atoms with Gasteiger partial charge < -0.3 is 15.0 Å². The van der Waals surface area contributed by atoms with Gasteiger partial charge in [-0.15, -0.1) is 6.42 Å². The summed E-state index contributed by atoms with van der Waals surface area (Å²) in [6.45, 7) is 10.6. The summed E-state index contributed by atoms with van der Waals surface area (Å²) in [5.74, 6) is 7.83. The first-order valence-corrected chi connectivity index (χ1v) is 10.2. The Balaban J connectivity index is 3.41. The lowest BCUT2D eigenvalue weighted by Gasteiger charge is -2.29. The average Bonchev–Trinajstić information content (AvgIpc) is 3.20. The van der Waals surface area contributed by atoms with E-state index in [1.165, 1.54) is 7.11 Å². The van der Waals surface area contributed by atoms with E-state index in [-0.39, 0.29) is 17.7 Å². The molecule has 0 bridgehead atoms. The summed E-state index contributed by atoms with van der Waals surface area (Å²) in [7, 11) is 1.29. The van der Waals surface area contributed by atoms with Gasteiger partial charge in [0.1, 0.15) is 6.04 Å². The van der Waals surface area contributed by atoms with Crippen LogP contribution in [0.4, 0.5) is 4.79 Å². The summed E-state index contributed by atoms with van der Waals surface area (Å²) >= 11 is 0. The molecule has 0 spiro atoms. The Bertz CT molecular complexity index is 762. The van der Waals surface area contributed by atoms with Gasteiger partial charge in [-0.3, -0.25) is 4.79 Å². The monoisotopic (exact) mass is 399 g/mol. The van der Waals surface area contributed by atoms with Crippen LogP contribution in [0.1, 0.15) is 60.3 Å². The molecule has 6 heteroatoms. The summed E-state index contributed by atoms with van der Waals surface area (Å²) in [5, 5.41) is 2.67. The third kappa shape index (κ3) is 6.68. The predicted molar refractivity (Wildman–Crippen MR) is 116 cm³/mol. The molecule has 0 aromatic heterocycles. The Kier molecular flexibility index (Phi) is 10.0. The lowest BCUT2D eigenvalue weighted by molar-refractivity contribution is -0.131. The predicted octanol–water partition coefficient (Wildman–Crippen LogP) is 3.73. The first-order chi connectivity index (χ1) is 13.8. The number of nitrogens with one attached hydrogen (secondary N) is 1. The quantitative estimate of drug-likeness (QED) is 0.524. The fourth-order valence-corrected chi connectivity index (χ4v) is 3.15. The van der Waals surface area contributed by atoms with E-state index in [1.54, 1.807) is 4.90 Å². The zero-order valence-corrected chi connectivity index (χ0v) is 18.5. The third-order valence-electron chi connectivity index (χ3n) is 5.02. The molecule has 2 atom stereocenters. The number of nitrogens with zero attached hydrogens (tertiary/aromatic N) is 2. The second-order valence-electron chi connectivity index (χ2n) is 7.40. The molecule has 0 saturated carbocycles. The van der Waals surface area contributed by atoms with Gasteiger partial charge in [0.15, 0.2) is 0 Å². The third-order valence-corrected chi connectivity index (χ3v) is 5.02. The molecule has 1 heterocycles. The molecule has 0 radical (unpaired) electrons. The van der Waals surface area contributed by atoms with Crippen molar-refractivity contribution in [3.8, 4) is 24.2 Å². The molecule has 2 amide bonds. The molecule has 1 N–H and O–H groups in total. The molecule has 1 aliphatic rings. The highest BCUT2D eigenvalue weighted by molar-refractivity contribution is 6.01. The average molecular weight is 400 g/mol. The van der Waals surface area contributed by atoms with Crippen molar-refractivity contribution in [3.63, 3.8) is 0 Å². The second-order valence-corrected chi connectivity index (χ2v) is 7.40. The van der Waals surface area contributed by atoms with Crippen LogP contribution in [0, 0.1) is 36.0 Å². The minimum absolute atomic E-state index is 0.0771. The van der Waals surface area contributed by atoms with Crippen molar-refractivity contribution in [2.24, 2.45) is 16.8 Å². The number of carbonyl (C=O) groups excluding carboxylic acids is 2. The lowest BCUT2D eigenvalue weighted by atomic mass is 10.00. The molecule has 1 saturated heterocycles. The van der Waals surface area contributed by atoms with Gasteiger partial charge in [0.25, 0.3) is 0 Å². The fraction of sp³-hybridized carbons (Fsp3) is 0.609. The number of terminal acetylenes is 1. The summed E-state index contributed by atoms with van der Waals surface area (Å²) in [5.41, 5.74) is 2.50. The number of methoxy groups -OCH3 is 1. The molecular formula is C23H33N3O3. The van der Waals surface area contributed by atoms with Crippen LogP contribution in [0.2, 0.25) is 0 Å². The number of hydrogen-bond donors (Lipinski definition) is 1. The summed E-state index contributed by atoms with van der Waals surface area (Å²) in [4.78, 5) is 31.6. The van der Waals surface area contributed by atoms with E-state index in [0.717, 1.165) is 30.7 Å². The molecule has 1 fully saturated rings. The largest absolute Gasteiger partial charge is 0.453 e. The van der Waals surface area contributed by atoms with Crippen molar-refractivity contribution < 1.29 is 14.3 Å². The molecule has 6 nitrogen and oxygen atoms in total. The van der Waals surface area contributed by atoms with Crippen molar-refractivity contribution in [2.75, 3.05) is 13.7 Å². The zero-order chi connectivity index (χ0) is 22.0. The van der Waals surface area contributed by atoms with Gasteiger partial charge in [-0.2, -0.15) is 0 Å². The van der Waals surface area contributed by atoms with Gasteiger partial charge in [0.05, 0.1) is 18.5 Å². The van der Waals surface area contributed by atoms with Crippen molar-refractivity contribution in [2.45, 2.75) is 66.3 Å². The van der Waals surface area contributed by atoms with E-state index in [2.05, 4.69) is 36.9 Å². The van der Waals surface area contributed by atoms with E-state index >= 15 is 0 Å². The van der Waals surface area contributed by atoms with Crippen LogP contribution in [0.15, 0.2) is 16.4 Å². The van der Waals surface area contributed by atoms with Crippen molar-refractivity contribution >= 4 is 17.7 Å². The second kappa shape index (κ2) is 12.0. The Labute approximate surface area is 175 Å². The maximum absolute atomic E-state index is 13.3. The normalized spacial score (nSPS) is 17.7. The van der Waals surface area contributed by atoms with Crippen LogP contribution in [0.5, 0.6) is 0 Å². The van der Waals surface area contributed by atoms with E-state index in [9.17, 15) is 9.59 Å². The van der Waals surface area contributed by atoms with E-state index < -0.39 is 12.1 Å². The Morgan fingerprint density at radius 3 is 2.52 bits per heavy atom. The Morgan fingerprint density at radius 2 is 2.00 bits per heavy atom. The highest BCUT2D eigenvalue weighted by atomic mass is 16.5. The van der Waals surface area contributed by atoms with Gasteiger partial charge in [-0.25, -0.2) is 9.79 Å². The molecule has 1 rings (SSSR count). The van der Waals surface area contributed by atoms with Gasteiger partial charge in [-0.05, 0) is 55.3 Å². The van der Waals surface area contributed by atoms with Crippen LogP contribution in [0.3, 0.4) is 0 Å². The van der Waals surface area contributed by atoms with Crippen LogP contribution in [-0.2, 0) is 9.53 Å². The highest BCUT2D eigenvalue weighted by Gasteiger charge is 2.34. The molecule has 158 valence electrons. The van der Waals surface area contributed by atoms with Crippen molar-refractivity contribution in [1.29, 1.82) is 0 Å². The standard InChI is InChI=1S/C23H33N3O3/c1-8-11-13-18(10-3)24-21(17(6)9-2)19-14-12-15-26(19)22(27)20(16(4)5)25-23(28)29-7/h1,16-17,20H,9-10,12,14-15H2,2-7H3,(H,25,28)/b21-19+,24-18?. The summed E-state index contributed by atoms with van der Waals surface area (Å²) in [6, 6.07) is -0.662. The SMILES string of the molecule is C#CC#CC(CC)=N/C(=C1\CCCN1C(=O)C(NC(=O)OC)C(C)C)C(C)CC. The molecule has 1 aliphatic heterocycles. The number of allylic oxidation sites excluding steroid dienone is 2. The molecule has 0 aromatic carbocycles. The van der Waals surface area contributed by atoms with Gasteiger partial charge >= 0.3 is 6.09 Å². The minimum Gasteiger partial charge on any atom is -0.453 e. The van der Waals surface area contributed by atoms with E-state index in [4.69, 9.17) is 16.2 Å². The number of hydrogen-bond acceptors (Lipinski definition) is 4. The number of amides is 2. The molecule has 2 unspecified atom stereocenters. The smallest absolute Gasteiger partial charge is 0.407 e. The topological polar surface area (TPSA) is 71.0 Å². The van der Waals surface area contributed by atoms with Gasteiger partial charge in [0, 0.05) is 12.2 Å². The minimum atomic E-state index is -0.662. The number of carbonyl (C=O) groups is 2. The van der Waals surface area contributed by atoms with Crippen LogP contribution < -0.4 is 5.32 Å². The Morgan fingerprint density at radius 1 is 1.31 bits per heavy atom. The number of aliphatic imine (C=N–C) groups is 1. The van der Waals surface area contributed by atoms with E-state index in [1.807, 2.05) is 20.8 Å². The summed E-state index contributed by atoms with van der Waals surface area (Å²) < 4.78 is 4.69. The number of rotatable bonds is 7. The van der Waals surface area contributed by atoms with Crippen LogP contribution in [-0.4, -0.2) is 42.3 Å². The van der Waals surface area contributed by atoms with Crippen LogP contribution >= 0.6 is 0 Å². The maximum atomic E-state index is 13.3. The fourth-order valence-electron chi connectivity index (χ4n) is 3.15. The van der Waals surface area contributed by atoms with E-state index in [0.29, 0.717) is 18.7 Å². The molecule has 29 heavy (non-hydrogen) atoms. The van der Waals surface area contributed by atoms with Crippen LogP contribution in [0.25, 0.3) is 0 Å².